The predicted octanol–water partition coefficient (Wildman–Crippen LogP) is 5.06. The smallest absolute Gasteiger partial charge is 0.348 e. The molecule has 0 aliphatic carbocycles. The monoisotopic (exact) mass is 410 g/mol. The molecule has 0 atom stereocenters. The molecule has 6 nitrogen and oxygen atoms in total. The molecular formula is C17H12Cl2N2O4S. The van der Waals surface area contributed by atoms with Crippen LogP contribution in [0.5, 0.6) is 0 Å². The zero-order chi connectivity index (χ0) is 18.8. The van der Waals surface area contributed by atoms with Crippen LogP contribution in [0.1, 0.15) is 25.8 Å². The molecule has 3 aromatic rings. The molecule has 0 saturated heterocycles. The van der Waals surface area contributed by atoms with E-state index in [1.165, 1.54) is 7.11 Å². The number of aromatic nitrogens is 1. The van der Waals surface area contributed by atoms with Crippen molar-refractivity contribution in [2.45, 2.75) is 6.92 Å². The average molecular weight is 411 g/mol. The Hall–Kier alpha value is -2.35. The number of benzene rings is 1. The Morgan fingerprint density at radius 1 is 1.19 bits per heavy atom. The number of amides is 1. The Balaban J connectivity index is 1.95. The van der Waals surface area contributed by atoms with Crippen molar-refractivity contribution in [1.82, 2.24) is 5.16 Å². The Bertz CT molecular complexity index is 976. The van der Waals surface area contributed by atoms with Crippen LogP contribution in [0.25, 0.3) is 11.3 Å². The minimum absolute atomic E-state index is 0.216. The van der Waals surface area contributed by atoms with Gasteiger partial charge in [-0.2, -0.15) is 0 Å². The van der Waals surface area contributed by atoms with Crippen LogP contribution in [0.2, 0.25) is 10.0 Å². The van der Waals surface area contributed by atoms with E-state index in [2.05, 4.69) is 15.2 Å². The van der Waals surface area contributed by atoms with Gasteiger partial charge in [-0.1, -0.05) is 34.4 Å². The maximum atomic E-state index is 12.8. The van der Waals surface area contributed by atoms with Crippen LogP contribution in [-0.4, -0.2) is 24.1 Å². The largest absolute Gasteiger partial charge is 0.465 e. The summed E-state index contributed by atoms with van der Waals surface area (Å²) in [5.41, 5.74) is 0.882. The van der Waals surface area contributed by atoms with Gasteiger partial charge in [-0.25, -0.2) is 4.79 Å². The van der Waals surface area contributed by atoms with Crippen molar-refractivity contribution < 1.29 is 18.8 Å². The summed E-state index contributed by atoms with van der Waals surface area (Å²) in [5.74, 6) is -0.605. The molecule has 1 amide bonds. The van der Waals surface area contributed by atoms with Crippen molar-refractivity contribution in [3.05, 3.63) is 56.6 Å². The number of nitrogens with one attached hydrogen (secondary N) is 1. The topological polar surface area (TPSA) is 81.4 Å². The first kappa shape index (κ1) is 18.4. The first-order chi connectivity index (χ1) is 12.4. The molecule has 9 heteroatoms. The summed E-state index contributed by atoms with van der Waals surface area (Å²) in [5, 5.41) is 7.84. The highest BCUT2D eigenvalue weighted by Crippen LogP contribution is 2.37. The van der Waals surface area contributed by atoms with Gasteiger partial charge in [0.1, 0.15) is 21.9 Å². The number of thiophene rings is 1. The van der Waals surface area contributed by atoms with Crippen LogP contribution in [-0.2, 0) is 4.74 Å². The van der Waals surface area contributed by atoms with Crippen LogP contribution < -0.4 is 5.32 Å². The zero-order valence-electron chi connectivity index (χ0n) is 13.6. The van der Waals surface area contributed by atoms with E-state index in [4.69, 9.17) is 27.7 Å². The maximum absolute atomic E-state index is 12.8. The number of carbonyl (C=O) groups excluding carboxylic acids is 2. The molecule has 0 radical (unpaired) electrons. The lowest BCUT2D eigenvalue weighted by Crippen LogP contribution is -2.12. The standard InChI is InChI=1S/C17H12Cl2N2O4S/c1-8-13(15(21-25-8)14-9(18)4-3-5-10(14)19)16(22)20-12-7-6-11(26-12)17(23)24-2/h3-7H,1-2H3,(H,20,22). The molecule has 0 aliphatic rings. The van der Waals surface area contributed by atoms with Gasteiger partial charge in [0.15, 0.2) is 0 Å². The fraction of sp³-hybridized carbons (Fsp3) is 0.118. The van der Waals surface area contributed by atoms with Gasteiger partial charge in [0.25, 0.3) is 5.91 Å². The summed E-state index contributed by atoms with van der Waals surface area (Å²) >= 11 is 13.5. The van der Waals surface area contributed by atoms with E-state index in [0.29, 0.717) is 31.2 Å². The molecule has 0 fully saturated rings. The second-order valence-electron chi connectivity index (χ2n) is 5.17. The highest BCUT2D eigenvalue weighted by Gasteiger charge is 2.25. The van der Waals surface area contributed by atoms with E-state index in [9.17, 15) is 9.59 Å². The van der Waals surface area contributed by atoms with Gasteiger partial charge in [-0.05, 0) is 31.2 Å². The highest BCUT2D eigenvalue weighted by atomic mass is 35.5. The van der Waals surface area contributed by atoms with Gasteiger partial charge in [0, 0.05) is 5.56 Å². The maximum Gasteiger partial charge on any atom is 0.348 e. The Kier molecular flexibility index (Phi) is 5.31. The number of esters is 1. The van der Waals surface area contributed by atoms with Gasteiger partial charge >= 0.3 is 5.97 Å². The molecule has 1 aromatic carbocycles. The lowest BCUT2D eigenvalue weighted by Gasteiger charge is -2.06. The lowest BCUT2D eigenvalue weighted by molar-refractivity contribution is 0.0606. The Labute approximate surface area is 162 Å². The Morgan fingerprint density at radius 3 is 2.54 bits per heavy atom. The normalized spacial score (nSPS) is 10.6. The molecule has 0 aliphatic heterocycles. The van der Waals surface area contributed by atoms with E-state index >= 15 is 0 Å². The molecule has 0 spiro atoms. The second-order valence-corrected chi connectivity index (χ2v) is 7.07. The van der Waals surface area contributed by atoms with Gasteiger partial charge in [-0.15, -0.1) is 11.3 Å². The van der Waals surface area contributed by atoms with Crippen LogP contribution >= 0.6 is 34.5 Å². The molecule has 3 rings (SSSR count). The molecule has 134 valence electrons. The van der Waals surface area contributed by atoms with Crippen molar-refractivity contribution in [1.29, 1.82) is 0 Å². The summed E-state index contributed by atoms with van der Waals surface area (Å²) in [4.78, 5) is 24.7. The first-order valence-electron chi connectivity index (χ1n) is 7.32. The number of rotatable bonds is 4. The third kappa shape index (κ3) is 3.46. The van der Waals surface area contributed by atoms with Gasteiger partial charge < -0.3 is 14.6 Å². The highest BCUT2D eigenvalue weighted by molar-refractivity contribution is 7.18. The molecule has 2 heterocycles. The van der Waals surface area contributed by atoms with E-state index in [1.54, 1.807) is 37.3 Å². The molecular weight excluding hydrogens is 399 g/mol. The van der Waals surface area contributed by atoms with Crippen molar-refractivity contribution >= 4 is 51.4 Å². The van der Waals surface area contributed by atoms with Gasteiger partial charge in [-0.3, -0.25) is 4.79 Å². The average Bonchev–Trinajstić information content (AvgIpc) is 3.21. The number of aryl methyl sites for hydroxylation is 1. The van der Waals surface area contributed by atoms with Crippen molar-refractivity contribution in [3.8, 4) is 11.3 Å². The minimum atomic E-state index is -0.472. The third-order valence-electron chi connectivity index (χ3n) is 3.52. The summed E-state index contributed by atoms with van der Waals surface area (Å²) in [6.07, 6.45) is 0. The first-order valence-corrected chi connectivity index (χ1v) is 8.89. The Morgan fingerprint density at radius 2 is 1.88 bits per heavy atom. The number of nitrogens with zero attached hydrogens (tertiary/aromatic N) is 1. The van der Waals surface area contributed by atoms with Crippen LogP contribution in [0.4, 0.5) is 5.00 Å². The fourth-order valence-corrected chi connectivity index (χ4v) is 3.72. The summed E-state index contributed by atoms with van der Waals surface area (Å²) in [6, 6.07) is 8.17. The van der Waals surface area contributed by atoms with Crippen LogP contribution in [0.15, 0.2) is 34.9 Å². The van der Waals surface area contributed by atoms with E-state index in [0.717, 1.165) is 11.3 Å². The molecule has 0 saturated carbocycles. The number of hydrogen-bond donors (Lipinski definition) is 1. The predicted molar refractivity (Wildman–Crippen MR) is 100 cm³/mol. The number of methoxy groups -OCH3 is 1. The van der Waals surface area contributed by atoms with Crippen molar-refractivity contribution in [3.63, 3.8) is 0 Å². The lowest BCUT2D eigenvalue weighted by atomic mass is 10.1. The third-order valence-corrected chi connectivity index (χ3v) is 5.13. The van der Waals surface area contributed by atoms with E-state index < -0.39 is 11.9 Å². The second kappa shape index (κ2) is 7.49. The molecule has 0 unspecified atom stereocenters. The van der Waals surface area contributed by atoms with Gasteiger partial charge in [0.2, 0.25) is 0 Å². The minimum Gasteiger partial charge on any atom is -0.465 e. The molecule has 2 aromatic heterocycles. The van der Waals surface area contributed by atoms with Crippen LogP contribution in [0, 0.1) is 6.92 Å². The number of ether oxygens (including phenoxy) is 1. The quantitative estimate of drug-likeness (QED) is 0.607. The summed E-state index contributed by atoms with van der Waals surface area (Å²) < 4.78 is 9.83. The number of halogens is 2. The number of hydrogen-bond acceptors (Lipinski definition) is 6. The van der Waals surface area contributed by atoms with Crippen molar-refractivity contribution in [2.24, 2.45) is 0 Å². The SMILES string of the molecule is COC(=O)c1ccc(NC(=O)c2c(-c3c(Cl)cccc3Cl)noc2C)s1. The number of anilines is 1. The van der Waals surface area contributed by atoms with E-state index in [-0.39, 0.29) is 11.3 Å². The van der Waals surface area contributed by atoms with Crippen molar-refractivity contribution in [2.75, 3.05) is 12.4 Å². The zero-order valence-corrected chi connectivity index (χ0v) is 16.0. The molecule has 0 bridgehead atoms. The summed E-state index contributed by atoms with van der Waals surface area (Å²) in [7, 11) is 1.29. The van der Waals surface area contributed by atoms with E-state index in [1.807, 2.05) is 0 Å². The van der Waals surface area contributed by atoms with Crippen LogP contribution in [0.3, 0.4) is 0 Å². The molecule has 26 heavy (non-hydrogen) atoms. The number of carbonyl (C=O) groups is 2. The van der Waals surface area contributed by atoms with Gasteiger partial charge in [0.05, 0.1) is 22.2 Å². The molecule has 1 N–H and O–H groups in total. The fourth-order valence-electron chi connectivity index (χ4n) is 2.32. The summed E-state index contributed by atoms with van der Waals surface area (Å²) in [6.45, 7) is 1.62.